The van der Waals surface area contributed by atoms with Crippen molar-refractivity contribution in [3.8, 4) is 0 Å². The van der Waals surface area contributed by atoms with Crippen LogP contribution in [0.1, 0.15) is 33.8 Å². The molecule has 106 valence electrons. The van der Waals surface area contributed by atoms with E-state index in [1.807, 2.05) is 17.0 Å². The van der Waals surface area contributed by atoms with E-state index in [0.29, 0.717) is 5.41 Å². The van der Waals surface area contributed by atoms with Gasteiger partial charge in [0.05, 0.1) is 4.88 Å². The summed E-state index contributed by atoms with van der Waals surface area (Å²) < 4.78 is 0. The Bertz CT molecular complexity index is 444. The number of nitrogens with zero attached hydrogens (tertiary/aromatic N) is 1. The number of hydrogen-bond acceptors (Lipinski definition) is 3. The van der Waals surface area contributed by atoms with Crippen LogP contribution in [0.5, 0.6) is 0 Å². The van der Waals surface area contributed by atoms with Crippen LogP contribution in [-0.2, 0) is 0 Å². The molecule has 5 heteroatoms. The van der Waals surface area contributed by atoms with E-state index >= 15 is 0 Å². The number of thiophene rings is 1. The molecule has 3 heterocycles. The van der Waals surface area contributed by atoms with Crippen molar-refractivity contribution in [1.82, 2.24) is 10.2 Å². The molecule has 2 aliphatic heterocycles. The van der Waals surface area contributed by atoms with Crippen molar-refractivity contribution in [3.05, 3.63) is 21.9 Å². The monoisotopic (exact) mass is 300 g/mol. The lowest BCUT2D eigenvalue weighted by Crippen LogP contribution is -2.43. The first-order valence-electron chi connectivity index (χ1n) is 6.75. The van der Waals surface area contributed by atoms with Gasteiger partial charge in [0.15, 0.2) is 0 Å². The molecule has 1 aromatic heterocycles. The van der Waals surface area contributed by atoms with Crippen LogP contribution in [0.3, 0.4) is 0 Å². The van der Waals surface area contributed by atoms with Crippen LogP contribution >= 0.6 is 23.7 Å². The molecule has 0 aromatic carbocycles. The van der Waals surface area contributed by atoms with Crippen molar-refractivity contribution in [3.63, 3.8) is 0 Å². The lowest BCUT2D eigenvalue weighted by molar-refractivity contribution is 0.0612. The summed E-state index contributed by atoms with van der Waals surface area (Å²) in [6, 6.07) is 3.99. The van der Waals surface area contributed by atoms with Gasteiger partial charge >= 0.3 is 0 Å². The molecular weight excluding hydrogens is 280 g/mol. The highest BCUT2D eigenvalue weighted by atomic mass is 35.5. The van der Waals surface area contributed by atoms with Gasteiger partial charge in [0.2, 0.25) is 0 Å². The Kier molecular flexibility index (Phi) is 4.54. The van der Waals surface area contributed by atoms with Gasteiger partial charge in [0, 0.05) is 24.5 Å². The highest BCUT2D eigenvalue weighted by Crippen LogP contribution is 2.37. The third-order valence-corrected chi connectivity index (χ3v) is 5.38. The quantitative estimate of drug-likeness (QED) is 0.865. The number of hydrogen-bond donors (Lipinski definition) is 1. The van der Waals surface area contributed by atoms with Crippen molar-refractivity contribution in [2.24, 2.45) is 5.41 Å². The predicted octanol–water partition coefficient (Wildman–Crippen LogP) is 2.69. The molecule has 0 atom stereocenters. The van der Waals surface area contributed by atoms with Crippen molar-refractivity contribution in [2.75, 3.05) is 26.2 Å². The van der Waals surface area contributed by atoms with E-state index in [4.69, 9.17) is 0 Å². The zero-order valence-electron chi connectivity index (χ0n) is 11.3. The Morgan fingerprint density at radius 1 is 1.32 bits per heavy atom. The van der Waals surface area contributed by atoms with Crippen molar-refractivity contribution >= 4 is 29.7 Å². The Balaban J connectivity index is 0.00000133. The molecule has 1 N–H and O–H groups in total. The molecule has 0 aliphatic carbocycles. The lowest BCUT2D eigenvalue weighted by atomic mass is 9.78. The number of halogens is 1. The fraction of sp³-hybridized carbons (Fsp3) is 0.643. The Morgan fingerprint density at radius 3 is 2.58 bits per heavy atom. The predicted molar refractivity (Wildman–Crippen MR) is 81.4 cm³/mol. The highest BCUT2D eigenvalue weighted by Gasteiger charge is 2.38. The molecule has 2 fully saturated rings. The van der Waals surface area contributed by atoms with E-state index in [2.05, 4.69) is 12.2 Å². The van der Waals surface area contributed by atoms with Crippen LogP contribution in [0.25, 0.3) is 0 Å². The minimum atomic E-state index is 0. The Morgan fingerprint density at radius 2 is 2.05 bits per heavy atom. The summed E-state index contributed by atoms with van der Waals surface area (Å²) in [5, 5.41) is 3.46. The summed E-state index contributed by atoms with van der Waals surface area (Å²) in [5.41, 5.74) is 0.488. The maximum absolute atomic E-state index is 12.3. The van der Waals surface area contributed by atoms with E-state index in [0.717, 1.165) is 43.9 Å². The zero-order valence-corrected chi connectivity index (χ0v) is 12.9. The third kappa shape index (κ3) is 2.96. The number of nitrogens with one attached hydrogen (secondary N) is 1. The van der Waals surface area contributed by atoms with Crippen LogP contribution in [0, 0.1) is 12.3 Å². The summed E-state index contributed by atoms with van der Waals surface area (Å²) in [6.07, 6.45) is 3.61. The minimum Gasteiger partial charge on any atom is -0.338 e. The van der Waals surface area contributed by atoms with E-state index in [1.54, 1.807) is 11.3 Å². The molecule has 0 radical (unpaired) electrons. The topological polar surface area (TPSA) is 32.3 Å². The number of piperidine rings is 1. The summed E-state index contributed by atoms with van der Waals surface area (Å²) in [5.74, 6) is 0.230. The minimum absolute atomic E-state index is 0. The molecule has 1 aromatic rings. The standard InChI is InChI=1S/C14H20N2OS.ClH/c1-11-2-3-12(18-11)13(17)16-8-5-14(6-9-16)4-7-15-10-14;/h2-3,15H,4-10H2,1H3;1H. The molecule has 2 aliphatic rings. The van der Waals surface area contributed by atoms with E-state index in [-0.39, 0.29) is 18.3 Å². The molecule has 0 unspecified atom stereocenters. The van der Waals surface area contributed by atoms with Gasteiger partial charge in [0.25, 0.3) is 5.91 Å². The second kappa shape index (κ2) is 5.81. The number of rotatable bonds is 1. The van der Waals surface area contributed by atoms with Gasteiger partial charge in [-0.25, -0.2) is 0 Å². The first-order valence-corrected chi connectivity index (χ1v) is 7.57. The Hall–Kier alpha value is -0.580. The van der Waals surface area contributed by atoms with Crippen molar-refractivity contribution in [2.45, 2.75) is 26.2 Å². The van der Waals surface area contributed by atoms with E-state index < -0.39 is 0 Å². The first kappa shape index (κ1) is 14.8. The average molecular weight is 301 g/mol. The van der Waals surface area contributed by atoms with Gasteiger partial charge in [-0.15, -0.1) is 23.7 Å². The maximum atomic E-state index is 12.3. The van der Waals surface area contributed by atoms with Gasteiger partial charge < -0.3 is 10.2 Å². The van der Waals surface area contributed by atoms with Crippen LogP contribution in [0.2, 0.25) is 0 Å². The van der Waals surface area contributed by atoms with Crippen LogP contribution in [-0.4, -0.2) is 37.0 Å². The van der Waals surface area contributed by atoms with E-state index in [9.17, 15) is 4.79 Å². The number of carbonyl (C=O) groups excluding carboxylic acids is 1. The number of carbonyl (C=O) groups is 1. The van der Waals surface area contributed by atoms with Gasteiger partial charge in [-0.1, -0.05) is 0 Å². The molecule has 0 bridgehead atoms. The van der Waals surface area contributed by atoms with Crippen LogP contribution < -0.4 is 5.32 Å². The zero-order chi connectivity index (χ0) is 12.6. The molecule has 1 amide bonds. The first-order chi connectivity index (χ1) is 8.69. The second-order valence-electron chi connectivity index (χ2n) is 5.63. The molecule has 3 rings (SSSR count). The fourth-order valence-corrected chi connectivity index (χ4v) is 3.95. The lowest BCUT2D eigenvalue weighted by Gasteiger charge is -2.38. The molecular formula is C14H21ClN2OS. The number of aryl methyl sites for hydroxylation is 1. The SMILES string of the molecule is Cc1ccc(C(=O)N2CCC3(CCNC3)CC2)s1.Cl. The van der Waals surface area contributed by atoms with Crippen molar-refractivity contribution < 1.29 is 4.79 Å². The maximum Gasteiger partial charge on any atom is 0.263 e. The van der Waals surface area contributed by atoms with E-state index in [1.165, 1.54) is 11.3 Å². The van der Waals surface area contributed by atoms with Gasteiger partial charge in [-0.2, -0.15) is 0 Å². The summed E-state index contributed by atoms with van der Waals surface area (Å²) in [6.45, 7) is 6.21. The smallest absolute Gasteiger partial charge is 0.263 e. The molecule has 3 nitrogen and oxygen atoms in total. The van der Waals surface area contributed by atoms with Crippen LogP contribution in [0.15, 0.2) is 12.1 Å². The molecule has 1 spiro atoms. The summed E-state index contributed by atoms with van der Waals surface area (Å²) in [4.78, 5) is 16.5. The average Bonchev–Trinajstić information content (AvgIpc) is 3.00. The number of likely N-dealkylation sites (tertiary alicyclic amines) is 1. The summed E-state index contributed by atoms with van der Waals surface area (Å²) >= 11 is 1.61. The largest absolute Gasteiger partial charge is 0.338 e. The summed E-state index contributed by atoms with van der Waals surface area (Å²) in [7, 11) is 0. The second-order valence-corrected chi connectivity index (χ2v) is 6.92. The molecule has 19 heavy (non-hydrogen) atoms. The fourth-order valence-electron chi connectivity index (χ4n) is 3.11. The normalized spacial score (nSPS) is 21.4. The third-order valence-electron chi connectivity index (χ3n) is 4.39. The van der Waals surface area contributed by atoms with Gasteiger partial charge in [-0.3, -0.25) is 4.79 Å². The number of amides is 1. The highest BCUT2D eigenvalue weighted by molar-refractivity contribution is 7.13. The molecule has 2 saturated heterocycles. The van der Waals surface area contributed by atoms with Gasteiger partial charge in [0.1, 0.15) is 0 Å². The van der Waals surface area contributed by atoms with Crippen molar-refractivity contribution in [1.29, 1.82) is 0 Å². The van der Waals surface area contributed by atoms with Crippen LogP contribution in [0.4, 0.5) is 0 Å². The Labute approximate surface area is 124 Å². The molecule has 0 saturated carbocycles. The van der Waals surface area contributed by atoms with Gasteiger partial charge in [-0.05, 0) is 50.3 Å².